The monoisotopic (exact) mass is 262 g/mol. The number of hydrogen-bond acceptors (Lipinski definition) is 4. The number of hydrogen-bond donors (Lipinski definition) is 2. The zero-order chi connectivity index (χ0) is 14.0. The molecule has 1 aromatic rings. The van der Waals surface area contributed by atoms with Gasteiger partial charge in [0.05, 0.1) is 12.7 Å². The Kier molecular flexibility index (Phi) is 3.98. The minimum absolute atomic E-state index is 0.390. The number of esters is 1. The molecule has 1 aliphatic carbocycles. The van der Waals surface area contributed by atoms with E-state index < -0.39 is 0 Å². The van der Waals surface area contributed by atoms with E-state index in [9.17, 15) is 4.79 Å². The van der Waals surface area contributed by atoms with Crippen LogP contribution in [0.15, 0.2) is 12.1 Å². The highest BCUT2D eigenvalue weighted by molar-refractivity contribution is 5.97. The van der Waals surface area contributed by atoms with E-state index in [1.807, 2.05) is 13.0 Å². The molecule has 0 spiro atoms. The fourth-order valence-electron chi connectivity index (χ4n) is 2.36. The molecule has 19 heavy (non-hydrogen) atoms. The number of carbonyl (C=O) groups excluding carboxylic acids is 1. The summed E-state index contributed by atoms with van der Waals surface area (Å²) in [4.78, 5) is 11.7. The fourth-order valence-corrected chi connectivity index (χ4v) is 2.36. The van der Waals surface area contributed by atoms with Gasteiger partial charge < -0.3 is 15.8 Å². The Hall–Kier alpha value is -1.71. The molecule has 0 aliphatic heterocycles. The normalized spacial score (nSPS) is 15.9. The second kappa shape index (κ2) is 5.51. The Balaban J connectivity index is 2.15. The predicted molar refractivity (Wildman–Crippen MR) is 77.4 cm³/mol. The van der Waals surface area contributed by atoms with Crippen molar-refractivity contribution in [2.45, 2.75) is 39.2 Å². The first kappa shape index (κ1) is 13.7. The third kappa shape index (κ3) is 3.40. The Morgan fingerprint density at radius 3 is 2.79 bits per heavy atom. The number of ether oxygens (including phenoxy) is 1. The molecule has 4 nitrogen and oxygen atoms in total. The van der Waals surface area contributed by atoms with Crippen LogP contribution in [-0.4, -0.2) is 19.1 Å². The third-order valence-corrected chi connectivity index (χ3v) is 3.59. The van der Waals surface area contributed by atoms with E-state index in [0.29, 0.717) is 17.3 Å². The molecule has 1 saturated carbocycles. The molecule has 0 aromatic heterocycles. The maximum absolute atomic E-state index is 11.7. The molecule has 0 saturated heterocycles. The predicted octanol–water partition coefficient (Wildman–Crippen LogP) is 2.96. The molecule has 2 rings (SSSR count). The third-order valence-electron chi connectivity index (χ3n) is 3.59. The molecule has 1 atom stereocenters. The van der Waals surface area contributed by atoms with Crippen molar-refractivity contribution in [1.82, 2.24) is 0 Å². The van der Waals surface area contributed by atoms with Crippen molar-refractivity contribution in [2.75, 3.05) is 18.2 Å². The highest BCUT2D eigenvalue weighted by Gasteiger charge is 2.23. The number of anilines is 2. The van der Waals surface area contributed by atoms with Crippen molar-refractivity contribution in [1.29, 1.82) is 0 Å². The second-order valence-electron chi connectivity index (χ2n) is 5.47. The molecule has 0 radical (unpaired) electrons. The van der Waals surface area contributed by atoms with Crippen LogP contribution in [0.1, 0.15) is 42.1 Å². The van der Waals surface area contributed by atoms with Gasteiger partial charge >= 0.3 is 5.97 Å². The van der Waals surface area contributed by atoms with E-state index in [-0.39, 0.29) is 5.97 Å². The largest absolute Gasteiger partial charge is 0.465 e. The van der Waals surface area contributed by atoms with Crippen molar-refractivity contribution in [3.63, 3.8) is 0 Å². The van der Waals surface area contributed by atoms with Gasteiger partial charge in [0.1, 0.15) is 0 Å². The molecule has 104 valence electrons. The zero-order valence-electron chi connectivity index (χ0n) is 11.8. The molecule has 0 bridgehead atoms. The lowest BCUT2D eigenvalue weighted by Gasteiger charge is -2.17. The lowest BCUT2D eigenvalue weighted by Crippen LogP contribution is -2.17. The number of carbonyl (C=O) groups is 1. The van der Waals surface area contributed by atoms with Gasteiger partial charge in [-0.1, -0.05) is 12.8 Å². The number of nitrogens with one attached hydrogen (secondary N) is 1. The summed E-state index contributed by atoms with van der Waals surface area (Å²) in [7, 11) is 1.37. The Morgan fingerprint density at radius 1 is 1.53 bits per heavy atom. The van der Waals surface area contributed by atoms with Crippen LogP contribution in [0.3, 0.4) is 0 Å². The van der Waals surface area contributed by atoms with Gasteiger partial charge in [0.15, 0.2) is 0 Å². The molecule has 0 heterocycles. The topological polar surface area (TPSA) is 64.3 Å². The first-order chi connectivity index (χ1) is 9.01. The highest BCUT2D eigenvalue weighted by atomic mass is 16.5. The molecule has 1 fully saturated rings. The first-order valence-electron chi connectivity index (χ1n) is 6.76. The van der Waals surface area contributed by atoms with Crippen molar-refractivity contribution in [2.24, 2.45) is 5.92 Å². The molecule has 1 unspecified atom stereocenters. The van der Waals surface area contributed by atoms with Crippen LogP contribution in [0.2, 0.25) is 0 Å². The van der Waals surface area contributed by atoms with Crippen molar-refractivity contribution in [3.8, 4) is 0 Å². The molecule has 3 N–H and O–H groups in total. The van der Waals surface area contributed by atoms with E-state index in [1.54, 1.807) is 6.07 Å². The van der Waals surface area contributed by atoms with Crippen LogP contribution in [0.5, 0.6) is 0 Å². The van der Waals surface area contributed by atoms with Gasteiger partial charge in [-0.15, -0.1) is 0 Å². The van der Waals surface area contributed by atoms with Gasteiger partial charge in [0.2, 0.25) is 0 Å². The molecule has 1 aliphatic rings. The summed E-state index contributed by atoms with van der Waals surface area (Å²) in [6.45, 7) is 4.07. The summed E-state index contributed by atoms with van der Waals surface area (Å²) in [5.41, 5.74) is 8.67. The molecular formula is C15H22N2O2. The minimum Gasteiger partial charge on any atom is -0.465 e. The Morgan fingerprint density at radius 2 is 2.21 bits per heavy atom. The summed E-state index contributed by atoms with van der Waals surface area (Å²) in [6.07, 6.45) is 3.87. The second-order valence-corrected chi connectivity index (χ2v) is 5.47. The van der Waals surface area contributed by atoms with Crippen LogP contribution < -0.4 is 11.1 Å². The Labute approximate surface area is 114 Å². The molecular weight excluding hydrogens is 240 g/mol. The van der Waals surface area contributed by atoms with E-state index in [0.717, 1.165) is 17.2 Å². The van der Waals surface area contributed by atoms with Crippen LogP contribution in [0, 0.1) is 12.8 Å². The molecule has 0 amide bonds. The number of aryl methyl sites for hydroxylation is 1. The highest BCUT2D eigenvalue weighted by Crippen LogP contribution is 2.34. The summed E-state index contributed by atoms with van der Waals surface area (Å²) >= 11 is 0. The van der Waals surface area contributed by atoms with Gasteiger partial charge in [-0.3, -0.25) is 0 Å². The number of benzene rings is 1. The summed E-state index contributed by atoms with van der Waals surface area (Å²) < 4.78 is 4.76. The SMILES string of the molecule is COC(=O)c1cc(NC(C)CC2CC2)cc(C)c1N. The summed E-state index contributed by atoms with van der Waals surface area (Å²) in [6, 6.07) is 4.16. The van der Waals surface area contributed by atoms with Gasteiger partial charge in [-0.05, 0) is 43.9 Å². The minimum atomic E-state index is -0.390. The lowest BCUT2D eigenvalue weighted by atomic mass is 10.1. The van der Waals surface area contributed by atoms with E-state index in [4.69, 9.17) is 10.5 Å². The smallest absolute Gasteiger partial charge is 0.340 e. The van der Waals surface area contributed by atoms with Gasteiger partial charge in [0.25, 0.3) is 0 Å². The van der Waals surface area contributed by atoms with E-state index >= 15 is 0 Å². The maximum atomic E-state index is 11.7. The number of rotatable bonds is 5. The molecule has 1 aromatic carbocycles. The van der Waals surface area contributed by atoms with Crippen molar-refractivity contribution >= 4 is 17.3 Å². The van der Waals surface area contributed by atoms with Gasteiger partial charge in [0, 0.05) is 17.4 Å². The Bertz CT molecular complexity index is 481. The van der Waals surface area contributed by atoms with Crippen molar-refractivity contribution in [3.05, 3.63) is 23.3 Å². The number of methoxy groups -OCH3 is 1. The van der Waals surface area contributed by atoms with E-state index in [2.05, 4.69) is 12.2 Å². The van der Waals surface area contributed by atoms with Crippen LogP contribution in [0.4, 0.5) is 11.4 Å². The standard InChI is InChI=1S/C15H22N2O2/c1-9-6-12(17-10(2)7-11-4-5-11)8-13(14(9)16)15(18)19-3/h6,8,10-11,17H,4-5,7,16H2,1-3H3. The zero-order valence-corrected chi connectivity index (χ0v) is 11.8. The van der Waals surface area contributed by atoms with Crippen LogP contribution in [0.25, 0.3) is 0 Å². The summed E-state index contributed by atoms with van der Waals surface area (Å²) in [5, 5.41) is 3.44. The van der Waals surface area contributed by atoms with Crippen LogP contribution in [-0.2, 0) is 4.74 Å². The maximum Gasteiger partial charge on any atom is 0.340 e. The molecule has 4 heteroatoms. The summed E-state index contributed by atoms with van der Waals surface area (Å²) in [5.74, 6) is 0.483. The van der Waals surface area contributed by atoms with E-state index in [1.165, 1.54) is 26.4 Å². The first-order valence-corrected chi connectivity index (χ1v) is 6.76. The average Bonchev–Trinajstić information content (AvgIpc) is 3.16. The van der Waals surface area contributed by atoms with Gasteiger partial charge in [-0.25, -0.2) is 4.79 Å². The lowest BCUT2D eigenvalue weighted by molar-refractivity contribution is 0.0602. The number of nitrogen functional groups attached to an aromatic ring is 1. The average molecular weight is 262 g/mol. The van der Waals surface area contributed by atoms with Gasteiger partial charge in [-0.2, -0.15) is 0 Å². The van der Waals surface area contributed by atoms with Crippen LogP contribution >= 0.6 is 0 Å². The quantitative estimate of drug-likeness (QED) is 0.632. The van der Waals surface area contributed by atoms with Crippen molar-refractivity contribution < 1.29 is 9.53 Å². The number of nitrogens with two attached hydrogens (primary N) is 1. The fraction of sp³-hybridized carbons (Fsp3) is 0.533.